The van der Waals surface area contributed by atoms with Gasteiger partial charge in [-0.05, 0) is 59.2 Å². The van der Waals surface area contributed by atoms with Crippen LogP contribution in [0.25, 0.3) is 0 Å². The molecule has 0 bridgehead atoms. The van der Waals surface area contributed by atoms with Crippen molar-refractivity contribution in [2.24, 2.45) is 0 Å². The Labute approximate surface area is 146 Å². The lowest BCUT2D eigenvalue weighted by atomic mass is 10.2. The fourth-order valence-electron chi connectivity index (χ4n) is 3.45. The highest BCUT2D eigenvalue weighted by molar-refractivity contribution is 7.91. The Morgan fingerprint density at radius 2 is 1.83 bits per heavy atom. The van der Waals surface area contributed by atoms with Crippen LogP contribution in [0, 0.1) is 0 Å². The maximum atomic E-state index is 11.9. The molecule has 5 nitrogen and oxygen atoms in total. The summed E-state index contributed by atoms with van der Waals surface area (Å²) in [5.41, 5.74) is 0. The molecule has 2 N–H and O–H groups in total. The Morgan fingerprint density at radius 1 is 1.22 bits per heavy atom. The van der Waals surface area contributed by atoms with E-state index in [1.165, 1.54) is 17.7 Å². The van der Waals surface area contributed by atoms with E-state index in [-0.39, 0.29) is 11.8 Å². The van der Waals surface area contributed by atoms with Crippen LogP contribution >= 0.6 is 12.2 Å². The molecule has 1 aliphatic heterocycles. The molecule has 0 aromatic rings. The van der Waals surface area contributed by atoms with Crippen LogP contribution in [0.1, 0.15) is 47.0 Å². The van der Waals surface area contributed by atoms with Crippen molar-refractivity contribution in [1.82, 2.24) is 10.2 Å². The molecule has 1 heterocycles. The van der Waals surface area contributed by atoms with Crippen molar-refractivity contribution >= 4 is 27.2 Å². The van der Waals surface area contributed by atoms with Crippen LogP contribution in [0.4, 0.5) is 0 Å². The smallest absolute Gasteiger partial charge is 0.169 e. The molecular formula is C16H32N3O2S2+. The minimum absolute atomic E-state index is 0.0410. The molecule has 0 spiro atoms. The number of thiocarbonyl (C=S) groups is 1. The van der Waals surface area contributed by atoms with E-state index in [1.807, 2.05) is 0 Å². The summed E-state index contributed by atoms with van der Waals surface area (Å²) in [5, 5.41) is 4.15. The summed E-state index contributed by atoms with van der Waals surface area (Å²) < 4.78 is 23.7. The van der Waals surface area contributed by atoms with Crippen molar-refractivity contribution in [1.29, 1.82) is 0 Å². The Hall–Kier alpha value is -0.400. The second kappa shape index (κ2) is 7.66. The van der Waals surface area contributed by atoms with Gasteiger partial charge in [-0.1, -0.05) is 0 Å². The molecule has 0 aromatic heterocycles. The van der Waals surface area contributed by atoms with E-state index in [2.05, 4.69) is 37.9 Å². The molecule has 0 amide bonds. The minimum atomic E-state index is -2.89. The molecule has 23 heavy (non-hydrogen) atoms. The third-order valence-electron chi connectivity index (χ3n) is 4.94. The SMILES string of the molecule is CC(C)[NH+](CCN(C(=S)NC1CC1)[C@H]1CCS(=O)(=O)C1)C(C)C. The van der Waals surface area contributed by atoms with Gasteiger partial charge in [0.1, 0.15) is 0 Å². The van der Waals surface area contributed by atoms with Gasteiger partial charge in [-0.15, -0.1) is 0 Å². The van der Waals surface area contributed by atoms with Gasteiger partial charge < -0.3 is 15.1 Å². The molecule has 0 unspecified atom stereocenters. The molecule has 1 atom stereocenters. The summed E-state index contributed by atoms with van der Waals surface area (Å²) in [7, 11) is -2.89. The van der Waals surface area contributed by atoms with Crippen LogP contribution in [0.15, 0.2) is 0 Å². The van der Waals surface area contributed by atoms with Gasteiger partial charge in [0.2, 0.25) is 0 Å². The summed E-state index contributed by atoms with van der Waals surface area (Å²) in [4.78, 5) is 3.69. The average Bonchev–Trinajstić information content (AvgIpc) is 3.15. The first-order valence-electron chi connectivity index (χ1n) is 8.82. The van der Waals surface area contributed by atoms with E-state index in [0.29, 0.717) is 30.3 Å². The van der Waals surface area contributed by atoms with E-state index >= 15 is 0 Å². The molecule has 1 saturated heterocycles. The molecular weight excluding hydrogens is 330 g/mol. The van der Waals surface area contributed by atoms with Crippen LogP contribution in [-0.2, 0) is 9.84 Å². The van der Waals surface area contributed by atoms with Crippen LogP contribution < -0.4 is 10.2 Å². The van der Waals surface area contributed by atoms with Crippen LogP contribution in [0.5, 0.6) is 0 Å². The molecule has 2 aliphatic rings. The van der Waals surface area contributed by atoms with Gasteiger partial charge in [0.15, 0.2) is 14.9 Å². The van der Waals surface area contributed by atoms with Gasteiger partial charge in [0.05, 0.1) is 36.7 Å². The monoisotopic (exact) mass is 362 g/mol. The number of sulfone groups is 1. The normalized spacial score (nSPS) is 23.7. The molecule has 1 saturated carbocycles. The van der Waals surface area contributed by atoms with Crippen LogP contribution in [0.2, 0.25) is 0 Å². The van der Waals surface area contributed by atoms with Crippen molar-refractivity contribution < 1.29 is 13.3 Å². The van der Waals surface area contributed by atoms with Gasteiger partial charge in [-0.2, -0.15) is 0 Å². The van der Waals surface area contributed by atoms with E-state index in [4.69, 9.17) is 12.2 Å². The first kappa shape index (κ1) is 18.9. The Kier molecular flexibility index (Phi) is 6.30. The fraction of sp³-hybridized carbons (Fsp3) is 0.938. The van der Waals surface area contributed by atoms with Gasteiger partial charge >= 0.3 is 0 Å². The standard InChI is InChI=1S/C16H31N3O2S2/c1-12(2)18(13(3)4)8-9-19(16(22)17-14-5-6-14)15-7-10-23(20,21)11-15/h12-15H,5-11H2,1-4H3,(H,17,22)/p+1/t15-/m0/s1. The van der Waals surface area contributed by atoms with Crippen molar-refractivity contribution in [2.75, 3.05) is 24.6 Å². The van der Waals surface area contributed by atoms with Crippen molar-refractivity contribution in [2.45, 2.75) is 71.1 Å². The summed E-state index contributed by atoms with van der Waals surface area (Å²) in [6.45, 7) is 10.8. The highest BCUT2D eigenvalue weighted by Crippen LogP contribution is 2.21. The van der Waals surface area contributed by atoms with Crippen molar-refractivity contribution in [3.63, 3.8) is 0 Å². The zero-order valence-corrected chi connectivity index (χ0v) is 16.5. The van der Waals surface area contributed by atoms with Gasteiger partial charge in [0.25, 0.3) is 0 Å². The summed E-state index contributed by atoms with van der Waals surface area (Å²) in [5.74, 6) is 0.545. The zero-order valence-electron chi connectivity index (χ0n) is 14.8. The fourth-order valence-corrected chi connectivity index (χ4v) is 5.59. The third-order valence-corrected chi connectivity index (χ3v) is 7.04. The highest BCUT2D eigenvalue weighted by Gasteiger charge is 2.35. The largest absolute Gasteiger partial charge is 0.360 e. The van der Waals surface area contributed by atoms with Crippen molar-refractivity contribution in [3.8, 4) is 0 Å². The lowest BCUT2D eigenvalue weighted by Gasteiger charge is -2.34. The molecule has 0 radical (unpaired) electrons. The quantitative estimate of drug-likeness (QED) is 0.635. The van der Waals surface area contributed by atoms with Crippen LogP contribution in [-0.4, -0.2) is 67.2 Å². The second-order valence-electron chi connectivity index (χ2n) is 7.61. The molecule has 2 fully saturated rings. The van der Waals surface area contributed by atoms with E-state index in [9.17, 15) is 8.42 Å². The second-order valence-corrected chi connectivity index (χ2v) is 10.2. The molecule has 0 aromatic carbocycles. The maximum Gasteiger partial charge on any atom is 0.169 e. The number of rotatable bonds is 7. The summed E-state index contributed by atoms with van der Waals surface area (Å²) in [6, 6.07) is 1.64. The third kappa shape index (κ3) is 5.57. The van der Waals surface area contributed by atoms with E-state index in [0.717, 1.165) is 18.2 Å². The maximum absolute atomic E-state index is 11.9. The Balaban J connectivity index is 2.02. The zero-order chi connectivity index (χ0) is 17.2. The molecule has 1 aliphatic carbocycles. The lowest BCUT2D eigenvalue weighted by molar-refractivity contribution is -0.941. The number of hydrogen-bond donors (Lipinski definition) is 2. The summed E-state index contributed by atoms with van der Waals surface area (Å²) >= 11 is 5.60. The highest BCUT2D eigenvalue weighted by atomic mass is 32.2. The molecule has 2 rings (SSSR count). The first-order chi connectivity index (χ1) is 10.7. The van der Waals surface area contributed by atoms with Crippen molar-refractivity contribution in [3.05, 3.63) is 0 Å². The molecule has 7 heteroatoms. The number of quaternary nitrogens is 1. The lowest BCUT2D eigenvalue weighted by Crippen LogP contribution is -3.18. The van der Waals surface area contributed by atoms with E-state index in [1.54, 1.807) is 0 Å². The predicted molar refractivity (Wildman–Crippen MR) is 98.6 cm³/mol. The Bertz CT molecular complexity index is 507. The van der Waals surface area contributed by atoms with Gasteiger partial charge in [0, 0.05) is 12.1 Å². The Morgan fingerprint density at radius 3 is 2.26 bits per heavy atom. The average molecular weight is 363 g/mol. The van der Waals surface area contributed by atoms with Gasteiger partial charge in [-0.3, -0.25) is 0 Å². The van der Waals surface area contributed by atoms with Crippen LogP contribution in [0.3, 0.4) is 0 Å². The number of nitrogens with zero attached hydrogens (tertiary/aromatic N) is 1. The first-order valence-corrected chi connectivity index (χ1v) is 11.1. The van der Waals surface area contributed by atoms with Gasteiger partial charge in [-0.25, -0.2) is 8.42 Å². The molecule has 134 valence electrons. The minimum Gasteiger partial charge on any atom is -0.360 e. The summed E-state index contributed by atoms with van der Waals surface area (Å²) in [6.07, 6.45) is 3.05. The predicted octanol–water partition coefficient (Wildman–Crippen LogP) is 0.214. The number of nitrogens with one attached hydrogen (secondary N) is 2. The van der Waals surface area contributed by atoms with E-state index < -0.39 is 9.84 Å². The number of hydrogen-bond acceptors (Lipinski definition) is 3. The topological polar surface area (TPSA) is 53.9 Å².